The molecule has 7 heteroatoms. The fourth-order valence-corrected chi connectivity index (χ4v) is 5.47. The number of nitrogens with zero attached hydrogens (tertiary/aromatic N) is 4. The molecule has 6 rings (SSSR count). The average molecular weight is 417 g/mol. The monoisotopic (exact) mass is 416 g/mol. The molecule has 4 heterocycles. The minimum absolute atomic E-state index is 0.361. The van der Waals surface area contributed by atoms with Gasteiger partial charge in [0.25, 0.3) is 0 Å². The van der Waals surface area contributed by atoms with Gasteiger partial charge in [-0.25, -0.2) is 14.5 Å². The Kier molecular flexibility index (Phi) is 3.92. The lowest BCUT2D eigenvalue weighted by molar-refractivity contribution is 0.271. The first kappa shape index (κ1) is 17.7. The molecule has 5 aromatic rings. The Bertz CT molecular complexity index is 1390. The predicted molar refractivity (Wildman–Crippen MR) is 116 cm³/mol. The zero-order valence-corrected chi connectivity index (χ0v) is 17.6. The second-order valence-electron chi connectivity index (χ2n) is 7.86. The summed E-state index contributed by atoms with van der Waals surface area (Å²) in [7, 11) is 0. The van der Waals surface area contributed by atoms with E-state index in [2.05, 4.69) is 30.0 Å². The fraction of sp³-hybridized carbons (Fsp3) is 0.261. The lowest BCUT2D eigenvalue weighted by atomic mass is 10.1. The van der Waals surface area contributed by atoms with Crippen LogP contribution < -0.4 is 4.74 Å². The standard InChI is InChI=1S/C23H20N4O2S/c1-13-8-14(2)10-16(9-13)28-11-15-6-7-18(29-15)21-25-22-20-17-4-3-5-19(17)30-23(20)24-12-27(22)26-21/h6-10,12H,3-5,11H2,1-2H3. The highest BCUT2D eigenvalue weighted by molar-refractivity contribution is 7.19. The van der Waals surface area contributed by atoms with Gasteiger partial charge in [0.2, 0.25) is 5.82 Å². The zero-order chi connectivity index (χ0) is 20.2. The molecule has 0 unspecified atom stereocenters. The van der Waals surface area contributed by atoms with E-state index in [9.17, 15) is 0 Å². The molecule has 0 amide bonds. The number of benzene rings is 1. The third kappa shape index (κ3) is 2.89. The van der Waals surface area contributed by atoms with Crippen LogP contribution in [0.4, 0.5) is 0 Å². The molecule has 1 aliphatic carbocycles. The summed E-state index contributed by atoms with van der Waals surface area (Å²) in [6, 6.07) is 10.00. The molecule has 1 aliphatic rings. The summed E-state index contributed by atoms with van der Waals surface area (Å²) >= 11 is 1.78. The summed E-state index contributed by atoms with van der Waals surface area (Å²) in [6.45, 7) is 4.49. The molecule has 150 valence electrons. The van der Waals surface area contributed by atoms with Crippen LogP contribution in [0.1, 0.15) is 33.7 Å². The number of aryl methyl sites for hydroxylation is 4. The van der Waals surface area contributed by atoms with Crippen molar-refractivity contribution in [2.45, 2.75) is 39.7 Å². The van der Waals surface area contributed by atoms with E-state index in [4.69, 9.17) is 14.1 Å². The summed E-state index contributed by atoms with van der Waals surface area (Å²) in [6.07, 6.45) is 5.19. The number of hydrogen-bond donors (Lipinski definition) is 0. The number of furan rings is 1. The fourth-order valence-electron chi connectivity index (χ4n) is 4.24. The van der Waals surface area contributed by atoms with E-state index < -0.39 is 0 Å². The van der Waals surface area contributed by atoms with E-state index in [1.54, 1.807) is 22.2 Å². The lowest BCUT2D eigenvalue weighted by Crippen LogP contribution is -1.94. The maximum atomic E-state index is 5.99. The van der Waals surface area contributed by atoms with Crippen molar-refractivity contribution in [1.82, 2.24) is 19.6 Å². The van der Waals surface area contributed by atoms with Gasteiger partial charge in [-0.1, -0.05) is 6.07 Å². The van der Waals surface area contributed by atoms with E-state index in [0.717, 1.165) is 40.2 Å². The van der Waals surface area contributed by atoms with Crippen molar-refractivity contribution >= 4 is 27.2 Å². The van der Waals surface area contributed by atoms with Crippen LogP contribution in [0.25, 0.3) is 27.4 Å². The minimum Gasteiger partial charge on any atom is -0.486 e. The van der Waals surface area contributed by atoms with E-state index in [0.29, 0.717) is 18.2 Å². The summed E-state index contributed by atoms with van der Waals surface area (Å²) in [4.78, 5) is 11.9. The predicted octanol–water partition coefficient (Wildman–Crippen LogP) is 5.28. The van der Waals surface area contributed by atoms with Gasteiger partial charge >= 0.3 is 0 Å². The topological polar surface area (TPSA) is 65.5 Å². The number of thiophene rings is 1. The average Bonchev–Trinajstić information content (AvgIpc) is 3.46. The number of aromatic nitrogens is 4. The Morgan fingerprint density at radius 2 is 2.00 bits per heavy atom. The van der Waals surface area contributed by atoms with E-state index in [1.807, 2.05) is 24.3 Å². The van der Waals surface area contributed by atoms with Crippen molar-refractivity contribution in [3.63, 3.8) is 0 Å². The third-order valence-electron chi connectivity index (χ3n) is 5.50. The molecular weight excluding hydrogens is 396 g/mol. The van der Waals surface area contributed by atoms with Crippen LogP contribution in [-0.2, 0) is 19.4 Å². The van der Waals surface area contributed by atoms with Crippen LogP contribution in [0.15, 0.2) is 41.1 Å². The first-order valence-electron chi connectivity index (χ1n) is 10.1. The van der Waals surface area contributed by atoms with Crippen molar-refractivity contribution in [3.05, 3.63) is 64.0 Å². The van der Waals surface area contributed by atoms with Crippen LogP contribution in [-0.4, -0.2) is 19.6 Å². The SMILES string of the molecule is Cc1cc(C)cc(OCc2ccc(-c3nc4c5c6c(sc5ncn4n3)CCC6)o2)c1. The molecule has 1 aromatic carbocycles. The van der Waals surface area contributed by atoms with Gasteiger partial charge in [0.05, 0.1) is 5.39 Å². The first-order chi connectivity index (χ1) is 14.6. The van der Waals surface area contributed by atoms with Gasteiger partial charge in [-0.2, -0.15) is 0 Å². The maximum absolute atomic E-state index is 5.99. The molecule has 0 radical (unpaired) electrons. The van der Waals surface area contributed by atoms with Crippen molar-refractivity contribution in [2.75, 3.05) is 0 Å². The normalized spacial score (nSPS) is 13.4. The third-order valence-corrected chi connectivity index (χ3v) is 6.70. The summed E-state index contributed by atoms with van der Waals surface area (Å²) in [5, 5.41) is 5.76. The Hall–Kier alpha value is -3.19. The molecule has 0 bridgehead atoms. The number of rotatable bonds is 4. The maximum Gasteiger partial charge on any atom is 0.217 e. The Balaban J connectivity index is 1.31. The Morgan fingerprint density at radius 1 is 1.13 bits per heavy atom. The van der Waals surface area contributed by atoms with Gasteiger partial charge in [-0.05, 0) is 74.1 Å². The second kappa shape index (κ2) is 6.67. The van der Waals surface area contributed by atoms with Crippen LogP contribution >= 0.6 is 11.3 Å². The first-order valence-corrected chi connectivity index (χ1v) is 10.9. The van der Waals surface area contributed by atoms with Crippen molar-refractivity contribution in [2.24, 2.45) is 0 Å². The molecule has 6 nitrogen and oxygen atoms in total. The molecule has 0 atom stereocenters. The van der Waals surface area contributed by atoms with E-state index in [-0.39, 0.29) is 0 Å². The highest BCUT2D eigenvalue weighted by Crippen LogP contribution is 2.38. The van der Waals surface area contributed by atoms with Crippen molar-refractivity contribution in [3.8, 4) is 17.3 Å². The molecule has 0 saturated carbocycles. The van der Waals surface area contributed by atoms with Gasteiger partial charge in [0.15, 0.2) is 11.4 Å². The number of hydrogen-bond acceptors (Lipinski definition) is 6. The highest BCUT2D eigenvalue weighted by Gasteiger charge is 2.22. The molecular formula is C23H20N4O2S. The molecule has 0 saturated heterocycles. The summed E-state index contributed by atoms with van der Waals surface area (Å²) in [5.41, 5.74) is 4.62. The molecule has 0 spiro atoms. The largest absolute Gasteiger partial charge is 0.486 e. The summed E-state index contributed by atoms with van der Waals surface area (Å²) < 4.78 is 13.7. The Labute approximate surface area is 177 Å². The van der Waals surface area contributed by atoms with E-state index >= 15 is 0 Å². The summed E-state index contributed by atoms with van der Waals surface area (Å²) in [5.74, 6) is 2.79. The van der Waals surface area contributed by atoms with Crippen LogP contribution in [0, 0.1) is 13.8 Å². The second-order valence-corrected chi connectivity index (χ2v) is 8.95. The number of fused-ring (bicyclic) bond motifs is 5. The Morgan fingerprint density at radius 3 is 2.87 bits per heavy atom. The number of ether oxygens (including phenoxy) is 1. The zero-order valence-electron chi connectivity index (χ0n) is 16.8. The molecule has 0 N–H and O–H groups in total. The molecule has 0 aliphatic heterocycles. The van der Waals surface area contributed by atoms with Gasteiger partial charge in [-0.3, -0.25) is 0 Å². The van der Waals surface area contributed by atoms with Crippen LogP contribution in [0.3, 0.4) is 0 Å². The van der Waals surface area contributed by atoms with Gasteiger partial charge in [0.1, 0.15) is 29.3 Å². The molecule has 4 aromatic heterocycles. The van der Waals surface area contributed by atoms with Crippen LogP contribution in [0.5, 0.6) is 5.75 Å². The van der Waals surface area contributed by atoms with Gasteiger partial charge < -0.3 is 9.15 Å². The highest BCUT2D eigenvalue weighted by atomic mass is 32.1. The molecule has 0 fully saturated rings. The smallest absolute Gasteiger partial charge is 0.217 e. The van der Waals surface area contributed by atoms with Crippen LogP contribution in [0.2, 0.25) is 0 Å². The van der Waals surface area contributed by atoms with Crippen molar-refractivity contribution < 1.29 is 9.15 Å². The minimum atomic E-state index is 0.361. The van der Waals surface area contributed by atoms with Crippen molar-refractivity contribution in [1.29, 1.82) is 0 Å². The van der Waals surface area contributed by atoms with Gasteiger partial charge in [-0.15, -0.1) is 16.4 Å². The lowest BCUT2D eigenvalue weighted by Gasteiger charge is -2.06. The van der Waals surface area contributed by atoms with Gasteiger partial charge in [0, 0.05) is 4.88 Å². The molecule has 30 heavy (non-hydrogen) atoms. The van der Waals surface area contributed by atoms with E-state index in [1.165, 1.54) is 28.0 Å². The quantitative estimate of drug-likeness (QED) is 0.399.